The predicted octanol–water partition coefficient (Wildman–Crippen LogP) is 3.14. The zero-order valence-electron chi connectivity index (χ0n) is 16.0. The first-order valence-electron chi connectivity index (χ1n) is 9.52. The number of aliphatic imine (C=N–C) groups is 1. The molecule has 25 heavy (non-hydrogen) atoms. The fourth-order valence-corrected chi connectivity index (χ4v) is 3.01. The number of rotatable bonds is 8. The Balaban J connectivity index is 1.75. The zero-order chi connectivity index (χ0) is 18.1. The molecule has 1 heterocycles. The van der Waals surface area contributed by atoms with Crippen LogP contribution >= 0.6 is 0 Å². The summed E-state index contributed by atoms with van der Waals surface area (Å²) in [5.41, 5.74) is 8.44. The van der Waals surface area contributed by atoms with Crippen molar-refractivity contribution in [2.45, 2.75) is 52.6 Å². The molecule has 5 heteroatoms. The summed E-state index contributed by atoms with van der Waals surface area (Å²) in [5.74, 6) is 1.30. The smallest absolute Gasteiger partial charge is 0.189 e. The molecule has 0 radical (unpaired) electrons. The molecule has 1 unspecified atom stereocenters. The average molecular weight is 347 g/mol. The third-order valence-corrected chi connectivity index (χ3v) is 4.56. The SMILES string of the molecule is CC(C)CCCC(C)NC(N)=NCc1ccc(N2CCOCC2)cc1. The molecular formula is C20H34N4O. The molecule has 1 fully saturated rings. The zero-order valence-corrected chi connectivity index (χ0v) is 16.0. The van der Waals surface area contributed by atoms with Crippen LogP contribution in [0, 0.1) is 5.92 Å². The van der Waals surface area contributed by atoms with E-state index in [4.69, 9.17) is 10.5 Å². The standard InChI is InChI=1S/C20H34N4O/c1-16(2)5-4-6-17(3)23-20(21)22-15-18-7-9-19(10-8-18)24-11-13-25-14-12-24/h7-10,16-17H,4-6,11-15H2,1-3H3,(H3,21,22,23). The van der Waals surface area contributed by atoms with Gasteiger partial charge in [0.05, 0.1) is 19.8 Å². The molecule has 0 aromatic heterocycles. The average Bonchev–Trinajstić information content (AvgIpc) is 2.61. The van der Waals surface area contributed by atoms with E-state index in [1.165, 1.54) is 24.1 Å². The number of morpholine rings is 1. The first kappa shape index (κ1) is 19.6. The van der Waals surface area contributed by atoms with Gasteiger partial charge in [0.15, 0.2) is 5.96 Å². The van der Waals surface area contributed by atoms with Crippen molar-refractivity contribution < 1.29 is 4.74 Å². The summed E-state index contributed by atoms with van der Waals surface area (Å²) in [4.78, 5) is 6.82. The highest BCUT2D eigenvalue weighted by molar-refractivity contribution is 5.78. The molecule has 1 atom stereocenters. The molecule has 1 aromatic rings. The van der Waals surface area contributed by atoms with Gasteiger partial charge in [0, 0.05) is 24.8 Å². The quantitative estimate of drug-likeness (QED) is 0.561. The van der Waals surface area contributed by atoms with E-state index in [1.807, 2.05) is 0 Å². The minimum Gasteiger partial charge on any atom is -0.378 e. The molecular weight excluding hydrogens is 312 g/mol. The Morgan fingerprint density at radius 2 is 1.84 bits per heavy atom. The summed E-state index contributed by atoms with van der Waals surface area (Å²) >= 11 is 0. The van der Waals surface area contributed by atoms with Crippen molar-refractivity contribution in [2.24, 2.45) is 16.6 Å². The van der Waals surface area contributed by atoms with Gasteiger partial charge >= 0.3 is 0 Å². The summed E-state index contributed by atoms with van der Waals surface area (Å²) in [6.45, 7) is 10.8. The van der Waals surface area contributed by atoms with Crippen molar-refractivity contribution in [1.29, 1.82) is 0 Å². The first-order chi connectivity index (χ1) is 12.0. The Bertz CT molecular complexity index is 521. The Hall–Kier alpha value is -1.75. The van der Waals surface area contributed by atoms with E-state index in [1.54, 1.807) is 0 Å². The molecule has 0 saturated carbocycles. The molecule has 3 N–H and O–H groups in total. The number of nitrogens with two attached hydrogens (primary N) is 1. The number of benzene rings is 1. The van der Waals surface area contributed by atoms with Gasteiger partial charge in [0.1, 0.15) is 0 Å². The largest absolute Gasteiger partial charge is 0.378 e. The van der Waals surface area contributed by atoms with Gasteiger partial charge < -0.3 is 20.7 Å². The van der Waals surface area contributed by atoms with E-state index in [0.29, 0.717) is 18.5 Å². The molecule has 0 aliphatic carbocycles. The first-order valence-corrected chi connectivity index (χ1v) is 9.52. The molecule has 0 amide bonds. The Labute approximate surface area is 152 Å². The summed E-state index contributed by atoms with van der Waals surface area (Å²) in [6, 6.07) is 8.95. The Morgan fingerprint density at radius 3 is 2.48 bits per heavy atom. The van der Waals surface area contributed by atoms with Crippen LogP contribution in [0.1, 0.15) is 45.6 Å². The fraction of sp³-hybridized carbons (Fsp3) is 0.650. The van der Waals surface area contributed by atoms with Crippen molar-refractivity contribution >= 4 is 11.6 Å². The van der Waals surface area contributed by atoms with E-state index < -0.39 is 0 Å². The van der Waals surface area contributed by atoms with Crippen molar-refractivity contribution in [3.8, 4) is 0 Å². The molecule has 1 aliphatic rings. The van der Waals surface area contributed by atoms with Gasteiger partial charge in [-0.2, -0.15) is 0 Å². The number of nitrogens with one attached hydrogen (secondary N) is 1. The second-order valence-corrected chi connectivity index (χ2v) is 7.34. The van der Waals surface area contributed by atoms with E-state index in [2.05, 4.69) is 60.2 Å². The van der Waals surface area contributed by atoms with Gasteiger partial charge in [-0.3, -0.25) is 0 Å². The highest BCUT2D eigenvalue weighted by atomic mass is 16.5. The van der Waals surface area contributed by atoms with Gasteiger partial charge in [-0.1, -0.05) is 38.8 Å². The number of nitrogens with zero attached hydrogens (tertiary/aromatic N) is 2. The van der Waals surface area contributed by atoms with Crippen LogP contribution in [0.3, 0.4) is 0 Å². The van der Waals surface area contributed by atoms with Crippen molar-refractivity contribution in [1.82, 2.24) is 5.32 Å². The second-order valence-electron chi connectivity index (χ2n) is 7.34. The minimum absolute atomic E-state index is 0.367. The molecule has 5 nitrogen and oxygen atoms in total. The van der Waals surface area contributed by atoms with Crippen molar-refractivity contribution in [2.75, 3.05) is 31.2 Å². The van der Waals surface area contributed by atoms with Crippen LogP contribution in [-0.2, 0) is 11.3 Å². The second kappa shape index (κ2) is 10.3. The fourth-order valence-electron chi connectivity index (χ4n) is 3.01. The highest BCUT2D eigenvalue weighted by Crippen LogP contribution is 2.17. The van der Waals surface area contributed by atoms with E-state index in [0.717, 1.165) is 38.6 Å². The maximum Gasteiger partial charge on any atom is 0.189 e. The van der Waals surface area contributed by atoms with Gasteiger partial charge in [0.25, 0.3) is 0 Å². The number of guanidine groups is 1. The van der Waals surface area contributed by atoms with E-state index >= 15 is 0 Å². The maximum atomic E-state index is 6.02. The van der Waals surface area contributed by atoms with Crippen LogP contribution in [0.25, 0.3) is 0 Å². The van der Waals surface area contributed by atoms with Crippen LogP contribution in [0.5, 0.6) is 0 Å². The summed E-state index contributed by atoms with van der Waals surface area (Å²) in [6.07, 6.45) is 3.61. The monoisotopic (exact) mass is 346 g/mol. The number of ether oxygens (including phenoxy) is 1. The normalized spacial score (nSPS) is 17.0. The lowest BCUT2D eigenvalue weighted by Crippen LogP contribution is -2.38. The van der Waals surface area contributed by atoms with Crippen LogP contribution in [0.15, 0.2) is 29.3 Å². The van der Waals surface area contributed by atoms with Gasteiger partial charge in [0.2, 0.25) is 0 Å². The van der Waals surface area contributed by atoms with Crippen molar-refractivity contribution in [3.63, 3.8) is 0 Å². The summed E-state index contributed by atoms with van der Waals surface area (Å²) < 4.78 is 5.40. The molecule has 140 valence electrons. The Kier molecular flexibility index (Phi) is 8.06. The van der Waals surface area contributed by atoms with Crippen LogP contribution in [0.4, 0.5) is 5.69 Å². The third kappa shape index (κ3) is 7.34. The van der Waals surface area contributed by atoms with E-state index in [9.17, 15) is 0 Å². The van der Waals surface area contributed by atoms with Crippen LogP contribution in [0.2, 0.25) is 0 Å². The molecule has 0 spiro atoms. The van der Waals surface area contributed by atoms with Gasteiger partial charge in [-0.15, -0.1) is 0 Å². The number of anilines is 1. The lowest BCUT2D eigenvalue weighted by Gasteiger charge is -2.28. The summed E-state index contributed by atoms with van der Waals surface area (Å²) in [7, 11) is 0. The van der Waals surface area contributed by atoms with Gasteiger partial charge in [-0.25, -0.2) is 4.99 Å². The third-order valence-electron chi connectivity index (χ3n) is 4.56. The number of hydrogen-bond donors (Lipinski definition) is 2. The van der Waals surface area contributed by atoms with E-state index in [-0.39, 0.29) is 0 Å². The number of hydrogen-bond acceptors (Lipinski definition) is 3. The van der Waals surface area contributed by atoms with Crippen LogP contribution in [-0.4, -0.2) is 38.3 Å². The van der Waals surface area contributed by atoms with Crippen LogP contribution < -0.4 is 16.0 Å². The minimum atomic E-state index is 0.367. The van der Waals surface area contributed by atoms with Gasteiger partial charge in [-0.05, 0) is 37.0 Å². The Morgan fingerprint density at radius 1 is 1.16 bits per heavy atom. The maximum absolute atomic E-state index is 6.02. The predicted molar refractivity (Wildman–Crippen MR) is 106 cm³/mol. The molecule has 1 aromatic carbocycles. The highest BCUT2D eigenvalue weighted by Gasteiger charge is 2.10. The lowest BCUT2D eigenvalue weighted by atomic mass is 10.0. The molecule has 2 rings (SSSR count). The van der Waals surface area contributed by atoms with Crippen molar-refractivity contribution in [3.05, 3.63) is 29.8 Å². The topological polar surface area (TPSA) is 62.9 Å². The molecule has 1 aliphatic heterocycles. The molecule has 1 saturated heterocycles. The lowest BCUT2D eigenvalue weighted by molar-refractivity contribution is 0.122. The molecule has 0 bridgehead atoms. The summed E-state index contributed by atoms with van der Waals surface area (Å²) in [5, 5.41) is 3.29.